The number of benzene rings is 1. The van der Waals surface area contributed by atoms with Crippen LogP contribution >= 0.6 is 23.8 Å². The minimum absolute atomic E-state index is 0.257. The summed E-state index contributed by atoms with van der Waals surface area (Å²) < 4.78 is 0. The number of amides is 1. The summed E-state index contributed by atoms with van der Waals surface area (Å²) in [6.07, 6.45) is 3.10. The summed E-state index contributed by atoms with van der Waals surface area (Å²) >= 11 is 10.9. The van der Waals surface area contributed by atoms with Gasteiger partial charge in [0.2, 0.25) is 0 Å². The van der Waals surface area contributed by atoms with Crippen LogP contribution in [0.2, 0.25) is 5.02 Å². The molecule has 2 rings (SSSR count). The lowest BCUT2D eigenvalue weighted by molar-refractivity contribution is 0.102. The van der Waals surface area contributed by atoms with E-state index >= 15 is 0 Å². The number of nitrogens with one attached hydrogen (secondary N) is 1. The van der Waals surface area contributed by atoms with Gasteiger partial charge in [-0.1, -0.05) is 23.8 Å². The number of rotatable bonds is 3. The zero-order valence-corrected chi connectivity index (χ0v) is 11.3. The molecule has 0 unspecified atom stereocenters. The average Bonchev–Trinajstić information content (AvgIpc) is 2.41. The van der Waals surface area contributed by atoms with Crippen molar-refractivity contribution in [2.24, 2.45) is 5.73 Å². The van der Waals surface area contributed by atoms with Crippen molar-refractivity contribution in [3.63, 3.8) is 0 Å². The zero-order chi connectivity index (χ0) is 13.8. The van der Waals surface area contributed by atoms with E-state index in [4.69, 9.17) is 29.6 Å². The third kappa shape index (κ3) is 3.27. The molecule has 0 atom stereocenters. The number of pyridine rings is 1. The van der Waals surface area contributed by atoms with E-state index < -0.39 is 0 Å². The topological polar surface area (TPSA) is 68.0 Å². The van der Waals surface area contributed by atoms with Crippen molar-refractivity contribution in [2.75, 3.05) is 5.32 Å². The minimum Gasteiger partial charge on any atom is -0.389 e. The molecular weight excluding hydrogens is 282 g/mol. The summed E-state index contributed by atoms with van der Waals surface area (Å²) in [5.41, 5.74) is 7.17. The van der Waals surface area contributed by atoms with Crippen LogP contribution in [0.3, 0.4) is 0 Å². The van der Waals surface area contributed by atoms with Crippen LogP contribution in [-0.4, -0.2) is 15.9 Å². The summed E-state index contributed by atoms with van der Waals surface area (Å²) in [6.45, 7) is 0. The maximum Gasteiger partial charge on any atom is 0.255 e. The number of nitrogens with zero attached hydrogens (tertiary/aromatic N) is 1. The van der Waals surface area contributed by atoms with Crippen molar-refractivity contribution in [1.29, 1.82) is 0 Å². The summed E-state index contributed by atoms with van der Waals surface area (Å²) in [5, 5.41) is 3.09. The van der Waals surface area contributed by atoms with Crippen LogP contribution in [0, 0.1) is 0 Å². The lowest BCUT2D eigenvalue weighted by Crippen LogP contribution is -2.13. The van der Waals surface area contributed by atoms with Gasteiger partial charge < -0.3 is 11.1 Å². The predicted molar refractivity (Wildman–Crippen MR) is 79.5 cm³/mol. The first kappa shape index (κ1) is 13.5. The molecule has 3 N–H and O–H groups in total. The van der Waals surface area contributed by atoms with E-state index in [9.17, 15) is 4.79 Å². The molecule has 0 aliphatic heterocycles. The molecule has 0 bridgehead atoms. The van der Waals surface area contributed by atoms with Gasteiger partial charge >= 0.3 is 0 Å². The Morgan fingerprint density at radius 1 is 1.21 bits per heavy atom. The maximum absolute atomic E-state index is 11.9. The first-order valence-corrected chi connectivity index (χ1v) is 6.17. The Morgan fingerprint density at radius 2 is 1.89 bits per heavy atom. The van der Waals surface area contributed by atoms with E-state index in [2.05, 4.69) is 10.3 Å². The fourth-order valence-electron chi connectivity index (χ4n) is 1.47. The molecule has 19 heavy (non-hydrogen) atoms. The average molecular weight is 292 g/mol. The van der Waals surface area contributed by atoms with Crippen molar-refractivity contribution in [1.82, 2.24) is 4.98 Å². The van der Waals surface area contributed by atoms with E-state index in [1.54, 1.807) is 42.7 Å². The normalized spacial score (nSPS) is 9.95. The number of thiocarbonyl (C=S) groups is 1. The van der Waals surface area contributed by atoms with Gasteiger partial charge in [0.1, 0.15) is 4.99 Å². The lowest BCUT2D eigenvalue weighted by Gasteiger charge is -2.08. The van der Waals surface area contributed by atoms with Crippen LogP contribution in [0.1, 0.15) is 15.9 Å². The molecule has 4 nitrogen and oxygen atoms in total. The molecule has 0 fully saturated rings. The summed E-state index contributed by atoms with van der Waals surface area (Å²) in [4.78, 5) is 16.0. The molecule has 6 heteroatoms. The Hall–Kier alpha value is -1.98. The van der Waals surface area contributed by atoms with Crippen molar-refractivity contribution >= 4 is 40.4 Å². The van der Waals surface area contributed by atoms with Crippen LogP contribution in [0.5, 0.6) is 0 Å². The van der Waals surface area contributed by atoms with E-state index in [0.29, 0.717) is 21.8 Å². The minimum atomic E-state index is -0.257. The highest BCUT2D eigenvalue weighted by molar-refractivity contribution is 7.80. The first-order chi connectivity index (χ1) is 9.08. The Labute approximate surface area is 120 Å². The van der Waals surface area contributed by atoms with E-state index in [0.717, 1.165) is 0 Å². The van der Waals surface area contributed by atoms with E-state index in [-0.39, 0.29) is 10.9 Å². The van der Waals surface area contributed by atoms with Crippen LogP contribution in [-0.2, 0) is 0 Å². The number of hydrogen-bond acceptors (Lipinski definition) is 3. The number of hydrogen-bond donors (Lipinski definition) is 2. The molecule has 0 aliphatic carbocycles. The lowest BCUT2D eigenvalue weighted by atomic mass is 10.2. The third-order valence-corrected chi connectivity index (χ3v) is 2.99. The number of aromatic nitrogens is 1. The Morgan fingerprint density at radius 3 is 2.47 bits per heavy atom. The molecule has 1 heterocycles. The molecule has 0 radical (unpaired) electrons. The van der Waals surface area contributed by atoms with Crippen molar-refractivity contribution < 1.29 is 4.79 Å². The predicted octanol–water partition coefficient (Wildman–Crippen LogP) is 2.62. The molecule has 1 aromatic heterocycles. The first-order valence-electron chi connectivity index (χ1n) is 5.38. The quantitative estimate of drug-likeness (QED) is 0.853. The van der Waals surface area contributed by atoms with Gasteiger partial charge in [-0.3, -0.25) is 9.78 Å². The Balaban J connectivity index is 2.20. The van der Waals surface area contributed by atoms with Gasteiger partial charge in [0.15, 0.2) is 0 Å². The molecular formula is C13H10ClN3OS. The van der Waals surface area contributed by atoms with Crippen LogP contribution in [0.15, 0.2) is 42.7 Å². The third-order valence-electron chi connectivity index (χ3n) is 2.44. The van der Waals surface area contributed by atoms with Gasteiger partial charge in [-0.25, -0.2) is 0 Å². The van der Waals surface area contributed by atoms with E-state index in [1.807, 2.05) is 0 Å². The number of carbonyl (C=O) groups is 1. The standard InChI is InChI=1S/C13H10ClN3OS/c14-10-7-9(12(15)19)1-2-11(10)17-13(18)8-3-5-16-6-4-8/h1-7H,(H2,15,19)(H,17,18). The second-order valence-electron chi connectivity index (χ2n) is 3.75. The molecule has 0 aliphatic rings. The van der Waals surface area contributed by atoms with Crippen LogP contribution in [0.25, 0.3) is 0 Å². The number of nitrogens with two attached hydrogens (primary N) is 1. The molecule has 96 valence electrons. The van der Waals surface area contributed by atoms with Crippen molar-refractivity contribution in [3.05, 3.63) is 58.9 Å². The second kappa shape index (κ2) is 5.77. The number of halogens is 1. The van der Waals surface area contributed by atoms with Crippen molar-refractivity contribution in [2.45, 2.75) is 0 Å². The molecule has 0 saturated carbocycles. The smallest absolute Gasteiger partial charge is 0.255 e. The molecule has 2 aromatic rings. The molecule has 1 amide bonds. The highest BCUT2D eigenvalue weighted by Crippen LogP contribution is 2.23. The van der Waals surface area contributed by atoms with Gasteiger partial charge in [-0.15, -0.1) is 0 Å². The maximum atomic E-state index is 11.9. The van der Waals surface area contributed by atoms with Crippen molar-refractivity contribution in [3.8, 4) is 0 Å². The highest BCUT2D eigenvalue weighted by atomic mass is 35.5. The highest BCUT2D eigenvalue weighted by Gasteiger charge is 2.09. The zero-order valence-electron chi connectivity index (χ0n) is 9.76. The Kier molecular flexibility index (Phi) is 4.09. The summed E-state index contributed by atoms with van der Waals surface area (Å²) in [6, 6.07) is 8.22. The number of carbonyl (C=O) groups excluding carboxylic acids is 1. The van der Waals surface area contributed by atoms with Gasteiger partial charge in [0.25, 0.3) is 5.91 Å². The van der Waals surface area contributed by atoms with Gasteiger partial charge in [0, 0.05) is 23.5 Å². The SMILES string of the molecule is NC(=S)c1ccc(NC(=O)c2ccncc2)c(Cl)c1. The molecule has 0 spiro atoms. The summed E-state index contributed by atoms with van der Waals surface area (Å²) in [7, 11) is 0. The largest absolute Gasteiger partial charge is 0.389 e. The summed E-state index contributed by atoms with van der Waals surface area (Å²) in [5.74, 6) is -0.257. The van der Waals surface area contributed by atoms with E-state index in [1.165, 1.54) is 0 Å². The second-order valence-corrected chi connectivity index (χ2v) is 4.60. The molecule has 1 aromatic carbocycles. The van der Waals surface area contributed by atoms with Gasteiger partial charge in [0.05, 0.1) is 10.7 Å². The van der Waals surface area contributed by atoms with Gasteiger partial charge in [-0.05, 0) is 30.3 Å². The molecule has 0 saturated heterocycles. The van der Waals surface area contributed by atoms with Crippen LogP contribution in [0.4, 0.5) is 5.69 Å². The van der Waals surface area contributed by atoms with Gasteiger partial charge in [-0.2, -0.15) is 0 Å². The number of anilines is 1. The fourth-order valence-corrected chi connectivity index (χ4v) is 1.82. The van der Waals surface area contributed by atoms with Crippen LogP contribution < -0.4 is 11.1 Å². The monoisotopic (exact) mass is 291 g/mol. The Bertz CT molecular complexity index is 631. The fraction of sp³-hybridized carbons (Fsp3) is 0.